The summed E-state index contributed by atoms with van der Waals surface area (Å²) in [6, 6.07) is 13.5. The summed E-state index contributed by atoms with van der Waals surface area (Å²) in [6.45, 7) is 2.15. The van der Waals surface area contributed by atoms with E-state index in [1.54, 1.807) is 13.0 Å². The second-order valence-electron chi connectivity index (χ2n) is 4.08. The lowest BCUT2D eigenvalue weighted by Gasteiger charge is -2.07. The van der Waals surface area contributed by atoms with Crippen molar-refractivity contribution in [3.63, 3.8) is 0 Å². The van der Waals surface area contributed by atoms with Crippen molar-refractivity contribution in [1.82, 2.24) is 4.98 Å². The summed E-state index contributed by atoms with van der Waals surface area (Å²) in [5.74, 6) is 0.134. The third-order valence-corrected chi connectivity index (χ3v) is 2.70. The molecule has 0 bridgehead atoms. The number of nitrogens with zero attached hydrogens (tertiary/aromatic N) is 1. The fraction of sp³-hybridized carbons (Fsp3) is 0.200. The maximum absolute atomic E-state index is 11.4. The highest BCUT2D eigenvalue weighted by Crippen LogP contribution is 2.24. The molecule has 1 heterocycles. The van der Waals surface area contributed by atoms with Crippen LogP contribution in [0.3, 0.4) is 0 Å². The van der Waals surface area contributed by atoms with Gasteiger partial charge in [-0.2, -0.15) is 0 Å². The monoisotopic (exact) mass is 256 g/mol. The van der Waals surface area contributed by atoms with Crippen molar-refractivity contribution in [2.45, 2.75) is 13.3 Å². The van der Waals surface area contributed by atoms with Crippen molar-refractivity contribution in [2.75, 3.05) is 12.3 Å². The van der Waals surface area contributed by atoms with Crippen molar-refractivity contribution in [3.05, 3.63) is 48.2 Å². The summed E-state index contributed by atoms with van der Waals surface area (Å²) in [6.07, 6.45) is 0.146. The van der Waals surface area contributed by atoms with Crippen LogP contribution in [0.4, 0.5) is 5.82 Å². The molecular weight excluding hydrogens is 240 g/mol. The van der Waals surface area contributed by atoms with E-state index in [1.807, 2.05) is 36.4 Å². The van der Waals surface area contributed by atoms with E-state index in [9.17, 15) is 4.79 Å². The number of hydrogen-bond acceptors (Lipinski definition) is 4. The van der Waals surface area contributed by atoms with Gasteiger partial charge in [-0.1, -0.05) is 30.3 Å². The zero-order valence-corrected chi connectivity index (χ0v) is 10.8. The van der Waals surface area contributed by atoms with Gasteiger partial charge >= 0.3 is 5.97 Å². The standard InChI is InChI=1S/C15H16N2O2/c1-2-19-14(18)10-12-8-9-13(15(16)17-12)11-6-4-3-5-7-11/h3-9H,2,10H2,1H3,(H2,16,17). The van der Waals surface area contributed by atoms with Gasteiger partial charge in [0, 0.05) is 5.56 Å². The Labute approximate surface area is 112 Å². The number of aromatic nitrogens is 1. The normalized spacial score (nSPS) is 10.2. The Morgan fingerprint density at radius 1 is 1.21 bits per heavy atom. The zero-order chi connectivity index (χ0) is 13.7. The number of ether oxygens (including phenoxy) is 1. The molecule has 1 aromatic carbocycles. The predicted octanol–water partition coefficient (Wildman–Crippen LogP) is 2.44. The molecule has 2 rings (SSSR count). The number of nitrogen functional groups attached to an aromatic ring is 1. The van der Waals surface area contributed by atoms with Crippen LogP contribution in [-0.2, 0) is 16.0 Å². The number of carbonyl (C=O) groups is 1. The van der Waals surface area contributed by atoms with Crippen molar-refractivity contribution >= 4 is 11.8 Å². The second kappa shape index (κ2) is 6.00. The van der Waals surface area contributed by atoms with Crippen LogP contribution < -0.4 is 5.73 Å². The molecule has 0 atom stereocenters. The van der Waals surface area contributed by atoms with E-state index in [-0.39, 0.29) is 12.4 Å². The van der Waals surface area contributed by atoms with E-state index in [0.717, 1.165) is 11.1 Å². The van der Waals surface area contributed by atoms with E-state index >= 15 is 0 Å². The van der Waals surface area contributed by atoms with Gasteiger partial charge in [-0.15, -0.1) is 0 Å². The van der Waals surface area contributed by atoms with E-state index in [2.05, 4.69) is 4.98 Å². The van der Waals surface area contributed by atoms with Crippen molar-refractivity contribution in [3.8, 4) is 11.1 Å². The van der Waals surface area contributed by atoms with Crippen LogP contribution in [0.5, 0.6) is 0 Å². The molecule has 4 nitrogen and oxygen atoms in total. The number of esters is 1. The maximum atomic E-state index is 11.4. The molecule has 0 aliphatic heterocycles. The van der Waals surface area contributed by atoms with E-state index in [4.69, 9.17) is 10.5 Å². The molecule has 0 saturated heterocycles. The molecule has 0 spiro atoms. The molecular formula is C15H16N2O2. The highest BCUT2D eigenvalue weighted by atomic mass is 16.5. The number of nitrogens with two attached hydrogens (primary N) is 1. The van der Waals surface area contributed by atoms with Crippen LogP contribution in [0.1, 0.15) is 12.6 Å². The SMILES string of the molecule is CCOC(=O)Cc1ccc(-c2ccccc2)c(N)n1. The largest absolute Gasteiger partial charge is 0.466 e. The fourth-order valence-corrected chi connectivity index (χ4v) is 1.84. The Bertz CT molecular complexity index is 568. The van der Waals surface area contributed by atoms with Crippen molar-refractivity contribution in [2.24, 2.45) is 0 Å². The number of carbonyl (C=O) groups excluding carboxylic acids is 1. The average Bonchev–Trinajstić information content (AvgIpc) is 2.40. The van der Waals surface area contributed by atoms with Crippen LogP contribution in [0.15, 0.2) is 42.5 Å². The molecule has 0 saturated carbocycles. The molecule has 98 valence electrons. The average molecular weight is 256 g/mol. The number of pyridine rings is 1. The second-order valence-corrected chi connectivity index (χ2v) is 4.08. The van der Waals surface area contributed by atoms with Gasteiger partial charge < -0.3 is 10.5 Å². The number of hydrogen-bond donors (Lipinski definition) is 1. The molecule has 19 heavy (non-hydrogen) atoms. The molecule has 0 fully saturated rings. The lowest BCUT2D eigenvalue weighted by molar-refractivity contribution is -0.142. The van der Waals surface area contributed by atoms with Gasteiger partial charge in [0.15, 0.2) is 0 Å². The Morgan fingerprint density at radius 2 is 1.95 bits per heavy atom. The number of anilines is 1. The van der Waals surface area contributed by atoms with Gasteiger partial charge in [-0.25, -0.2) is 4.98 Å². The minimum absolute atomic E-state index is 0.146. The first-order valence-corrected chi connectivity index (χ1v) is 6.17. The Hall–Kier alpha value is -2.36. The summed E-state index contributed by atoms with van der Waals surface area (Å²) in [7, 11) is 0. The third kappa shape index (κ3) is 3.31. The predicted molar refractivity (Wildman–Crippen MR) is 74.4 cm³/mol. The van der Waals surface area contributed by atoms with Gasteiger partial charge in [0.05, 0.1) is 18.7 Å². The summed E-state index contributed by atoms with van der Waals surface area (Å²) in [5.41, 5.74) is 8.44. The van der Waals surface area contributed by atoms with E-state index < -0.39 is 0 Å². The van der Waals surface area contributed by atoms with Gasteiger partial charge in [-0.05, 0) is 24.6 Å². The molecule has 1 aromatic heterocycles. The molecule has 0 amide bonds. The van der Waals surface area contributed by atoms with Gasteiger partial charge in [0.2, 0.25) is 0 Å². The fourth-order valence-electron chi connectivity index (χ4n) is 1.84. The van der Waals surface area contributed by atoms with Crippen LogP contribution in [0, 0.1) is 0 Å². The molecule has 4 heteroatoms. The molecule has 0 aliphatic carbocycles. The maximum Gasteiger partial charge on any atom is 0.311 e. The molecule has 0 unspecified atom stereocenters. The number of rotatable bonds is 4. The van der Waals surface area contributed by atoms with Crippen LogP contribution in [0.2, 0.25) is 0 Å². The summed E-state index contributed by atoms with van der Waals surface area (Å²) in [4.78, 5) is 15.6. The third-order valence-electron chi connectivity index (χ3n) is 2.70. The minimum atomic E-state index is -0.290. The van der Waals surface area contributed by atoms with E-state index in [1.165, 1.54) is 0 Å². The number of benzene rings is 1. The lowest BCUT2D eigenvalue weighted by atomic mass is 10.1. The summed E-state index contributed by atoms with van der Waals surface area (Å²) >= 11 is 0. The van der Waals surface area contributed by atoms with Gasteiger partial charge in [0.25, 0.3) is 0 Å². The summed E-state index contributed by atoms with van der Waals surface area (Å²) in [5, 5.41) is 0. The minimum Gasteiger partial charge on any atom is -0.466 e. The van der Waals surface area contributed by atoms with Crippen molar-refractivity contribution in [1.29, 1.82) is 0 Å². The highest BCUT2D eigenvalue weighted by molar-refractivity contribution is 5.76. The highest BCUT2D eigenvalue weighted by Gasteiger charge is 2.08. The topological polar surface area (TPSA) is 65.2 Å². The molecule has 2 N–H and O–H groups in total. The first kappa shape index (κ1) is 13.1. The Morgan fingerprint density at radius 3 is 2.58 bits per heavy atom. The molecule has 0 radical (unpaired) electrons. The van der Waals surface area contributed by atoms with E-state index in [0.29, 0.717) is 18.1 Å². The van der Waals surface area contributed by atoms with Gasteiger partial charge in [-0.3, -0.25) is 4.79 Å². The lowest BCUT2D eigenvalue weighted by Crippen LogP contribution is -2.09. The van der Waals surface area contributed by atoms with Crippen molar-refractivity contribution < 1.29 is 9.53 Å². The molecule has 0 aliphatic rings. The Balaban J connectivity index is 2.20. The summed E-state index contributed by atoms with van der Waals surface area (Å²) < 4.78 is 4.88. The zero-order valence-electron chi connectivity index (χ0n) is 10.8. The molecule has 2 aromatic rings. The van der Waals surface area contributed by atoms with Crippen LogP contribution in [0.25, 0.3) is 11.1 Å². The smallest absolute Gasteiger partial charge is 0.311 e. The first-order chi connectivity index (χ1) is 9.20. The Kier molecular flexibility index (Phi) is 4.13. The first-order valence-electron chi connectivity index (χ1n) is 6.17. The van der Waals surface area contributed by atoms with Crippen LogP contribution >= 0.6 is 0 Å². The van der Waals surface area contributed by atoms with Gasteiger partial charge in [0.1, 0.15) is 5.82 Å². The quantitative estimate of drug-likeness (QED) is 0.853. The van der Waals surface area contributed by atoms with Crippen LogP contribution in [-0.4, -0.2) is 17.6 Å².